The zero-order valence-corrected chi connectivity index (χ0v) is 18.3. The van der Waals surface area contributed by atoms with E-state index in [1.54, 1.807) is 4.90 Å². The maximum absolute atomic E-state index is 13.2. The minimum Gasteiger partial charge on any atom is -0.337 e. The summed E-state index contributed by atoms with van der Waals surface area (Å²) in [4.78, 5) is 46.7. The molecule has 4 heterocycles. The third-order valence-electron chi connectivity index (χ3n) is 6.23. The van der Waals surface area contributed by atoms with Crippen molar-refractivity contribution in [2.75, 3.05) is 13.1 Å². The van der Waals surface area contributed by atoms with Gasteiger partial charge in [0.2, 0.25) is 11.8 Å². The molecule has 2 aliphatic rings. The molecule has 2 aliphatic heterocycles. The second-order valence-corrected chi connectivity index (χ2v) is 9.11. The monoisotopic (exact) mass is 413 g/mol. The first-order valence-corrected chi connectivity index (χ1v) is 11.0. The van der Waals surface area contributed by atoms with E-state index in [1.165, 1.54) is 4.52 Å². The van der Waals surface area contributed by atoms with E-state index in [0.717, 1.165) is 37.2 Å². The van der Waals surface area contributed by atoms with Gasteiger partial charge in [-0.2, -0.15) is 0 Å². The largest absolute Gasteiger partial charge is 0.337 e. The van der Waals surface area contributed by atoms with Crippen molar-refractivity contribution in [1.29, 1.82) is 0 Å². The number of piperidine rings is 1. The van der Waals surface area contributed by atoms with Crippen LogP contribution in [-0.2, 0) is 22.6 Å². The van der Waals surface area contributed by atoms with E-state index in [9.17, 15) is 14.4 Å². The Bertz CT molecular complexity index is 1040. The molecule has 1 N–H and O–H groups in total. The van der Waals surface area contributed by atoms with Gasteiger partial charge in [0.25, 0.3) is 5.56 Å². The third-order valence-corrected chi connectivity index (χ3v) is 6.23. The minimum atomic E-state index is -0.153. The molecular formula is C22H31N5O3. The van der Waals surface area contributed by atoms with E-state index >= 15 is 0 Å². The third kappa shape index (κ3) is 3.52. The number of fused-ring (bicyclic) bond motifs is 2. The van der Waals surface area contributed by atoms with Crippen LogP contribution in [0.15, 0.2) is 10.9 Å². The first-order valence-electron chi connectivity index (χ1n) is 11.0. The van der Waals surface area contributed by atoms with Gasteiger partial charge in [-0.15, -0.1) is 0 Å². The first-order chi connectivity index (χ1) is 14.3. The highest BCUT2D eigenvalue weighted by molar-refractivity contribution is 5.79. The van der Waals surface area contributed by atoms with Gasteiger partial charge in [-0.1, -0.05) is 27.7 Å². The van der Waals surface area contributed by atoms with Crippen LogP contribution in [-0.4, -0.2) is 49.3 Å². The molecule has 8 nitrogen and oxygen atoms in total. The zero-order chi connectivity index (χ0) is 21.6. The van der Waals surface area contributed by atoms with Crippen molar-refractivity contribution in [2.24, 2.45) is 11.8 Å². The average Bonchev–Trinajstić information content (AvgIpc) is 3.16. The van der Waals surface area contributed by atoms with E-state index in [0.29, 0.717) is 30.7 Å². The zero-order valence-electron chi connectivity index (χ0n) is 18.3. The molecule has 1 atom stereocenters. The van der Waals surface area contributed by atoms with Crippen molar-refractivity contribution in [3.63, 3.8) is 0 Å². The van der Waals surface area contributed by atoms with Crippen LogP contribution in [0.3, 0.4) is 0 Å². The number of hydrogen-bond donors (Lipinski definition) is 1. The number of likely N-dealkylation sites (tertiary alicyclic amines) is 1. The molecule has 162 valence electrons. The fraction of sp³-hybridized carbons (Fsp3) is 0.636. The fourth-order valence-corrected chi connectivity index (χ4v) is 4.57. The summed E-state index contributed by atoms with van der Waals surface area (Å²) in [6.45, 7) is 9.21. The highest BCUT2D eigenvalue weighted by atomic mass is 16.2. The molecule has 4 rings (SSSR count). The van der Waals surface area contributed by atoms with E-state index < -0.39 is 0 Å². The summed E-state index contributed by atoms with van der Waals surface area (Å²) in [7, 11) is 0. The van der Waals surface area contributed by atoms with Crippen molar-refractivity contribution < 1.29 is 9.59 Å². The maximum Gasteiger partial charge on any atom is 0.277 e. The van der Waals surface area contributed by atoms with Crippen LogP contribution in [0.25, 0.3) is 5.65 Å². The van der Waals surface area contributed by atoms with Gasteiger partial charge in [-0.05, 0) is 19.3 Å². The van der Waals surface area contributed by atoms with Crippen LogP contribution < -0.4 is 5.56 Å². The first kappa shape index (κ1) is 20.6. The van der Waals surface area contributed by atoms with Crippen LogP contribution in [0.2, 0.25) is 0 Å². The Morgan fingerprint density at radius 1 is 1.10 bits per heavy atom. The molecule has 0 spiro atoms. The van der Waals surface area contributed by atoms with E-state index in [4.69, 9.17) is 4.98 Å². The Kier molecular flexibility index (Phi) is 5.42. The number of amides is 2. The summed E-state index contributed by atoms with van der Waals surface area (Å²) in [5.41, 5.74) is 2.64. The number of H-pyrrole nitrogens is 1. The minimum absolute atomic E-state index is 0.0577. The molecule has 30 heavy (non-hydrogen) atoms. The lowest BCUT2D eigenvalue weighted by molar-refractivity contribution is -0.138. The van der Waals surface area contributed by atoms with Crippen LogP contribution in [0.4, 0.5) is 0 Å². The van der Waals surface area contributed by atoms with Gasteiger partial charge in [0.05, 0.1) is 29.5 Å². The Morgan fingerprint density at radius 3 is 2.53 bits per heavy atom. The molecule has 2 aromatic heterocycles. The maximum atomic E-state index is 13.2. The highest BCUT2D eigenvalue weighted by Crippen LogP contribution is 2.31. The van der Waals surface area contributed by atoms with E-state index in [2.05, 4.69) is 5.10 Å². The molecule has 2 amide bonds. The summed E-state index contributed by atoms with van der Waals surface area (Å²) >= 11 is 0. The van der Waals surface area contributed by atoms with Crippen LogP contribution in [0, 0.1) is 11.8 Å². The average molecular weight is 414 g/mol. The second kappa shape index (κ2) is 7.89. The van der Waals surface area contributed by atoms with Gasteiger partial charge in [0, 0.05) is 37.4 Å². The number of rotatable bonds is 3. The summed E-state index contributed by atoms with van der Waals surface area (Å²) in [6, 6.07) is 1.84. The molecule has 0 saturated carbocycles. The standard InChI is InChI=1S/C22H31N5O3/c1-13(2)20(28)25-10-8-16-15(12-25)22(30)27-19(23-16)11-17(24-27)18-7-5-6-9-26(18)21(29)14(3)4/h11,13-14,18,24H,5-10,12H2,1-4H3/t18-/m0/s1. The number of nitrogens with one attached hydrogen (secondary N) is 1. The van der Waals surface area contributed by atoms with Gasteiger partial charge in [-0.25, -0.2) is 9.50 Å². The van der Waals surface area contributed by atoms with Crippen LogP contribution >= 0.6 is 0 Å². The Morgan fingerprint density at radius 2 is 1.83 bits per heavy atom. The molecular weight excluding hydrogens is 382 g/mol. The summed E-state index contributed by atoms with van der Waals surface area (Å²) in [6.07, 6.45) is 3.51. The van der Waals surface area contributed by atoms with Gasteiger partial charge in [0.15, 0.2) is 5.65 Å². The number of carbonyl (C=O) groups excluding carboxylic acids is 2. The fourth-order valence-electron chi connectivity index (χ4n) is 4.57. The Labute approximate surface area is 176 Å². The number of hydrogen-bond acceptors (Lipinski definition) is 4. The molecule has 0 aliphatic carbocycles. The van der Waals surface area contributed by atoms with Gasteiger partial charge >= 0.3 is 0 Å². The topological polar surface area (TPSA) is 90.8 Å². The number of nitrogens with zero attached hydrogens (tertiary/aromatic N) is 4. The van der Waals surface area contributed by atoms with Gasteiger partial charge in [0.1, 0.15) is 0 Å². The van der Waals surface area contributed by atoms with Crippen molar-refractivity contribution in [1.82, 2.24) is 24.4 Å². The van der Waals surface area contributed by atoms with E-state index in [1.807, 2.05) is 38.7 Å². The quantitative estimate of drug-likeness (QED) is 0.836. The van der Waals surface area contributed by atoms with E-state index in [-0.39, 0.29) is 35.3 Å². The molecule has 0 bridgehead atoms. The van der Waals surface area contributed by atoms with Crippen molar-refractivity contribution in [3.8, 4) is 0 Å². The predicted molar refractivity (Wildman–Crippen MR) is 113 cm³/mol. The number of carbonyl (C=O) groups is 2. The SMILES string of the molecule is CC(C)C(=O)N1CCc2nc3cc([C@@H]4CCCCN4C(=O)C(C)C)[nH]n3c(=O)c2C1. The molecule has 8 heteroatoms. The number of aromatic nitrogens is 3. The van der Waals surface area contributed by atoms with Crippen LogP contribution in [0.1, 0.15) is 70.0 Å². The summed E-state index contributed by atoms with van der Waals surface area (Å²) in [5, 5.41) is 3.22. The highest BCUT2D eigenvalue weighted by Gasteiger charge is 2.32. The smallest absolute Gasteiger partial charge is 0.277 e. The predicted octanol–water partition coefficient (Wildman–Crippen LogP) is 2.27. The van der Waals surface area contributed by atoms with Gasteiger partial charge < -0.3 is 9.80 Å². The lowest BCUT2D eigenvalue weighted by atomic mass is 9.97. The molecule has 0 unspecified atom stereocenters. The van der Waals surface area contributed by atoms with Crippen LogP contribution in [0.5, 0.6) is 0 Å². The number of aromatic amines is 1. The summed E-state index contributed by atoms with van der Waals surface area (Å²) in [5.74, 6) is 0.0367. The molecule has 1 fully saturated rings. The molecule has 1 saturated heterocycles. The Hall–Kier alpha value is -2.64. The van der Waals surface area contributed by atoms with Crippen molar-refractivity contribution >= 4 is 17.5 Å². The van der Waals surface area contributed by atoms with Gasteiger partial charge in [-0.3, -0.25) is 19.5 Å². The lowest BCUT2D eigenvalue weighted by Crippen LogP contribution is -2.42. The second-order valence-electron chi connectivity index (χ2n) is 9.11. The molecule has 2 aromatic rings. The molecule has 0 aromatic carbocycles. The molecule has 0 radical (unpaired) electrons. The lowest BCUT2D eigenvalue weighted by Gasteiger charge is -2.36. The summed E-state index contributed by atoms with van der Waals surface area (Å²) < 4.78 is 1.48. The van der Waals surface area contributed by atoms with Crippen molar-refractivity contribution in [2.45, 2.75) is 66.0 Å². The van der Waals surface area contributed by atoms with Crippen molar-refractivity contribution in [3.05, 3.63) is 33.4 Å². The normalized spacial score (nSPS) is 19.6. The Balaban J connectivity index is 1.70.